The third-order valence-electron chi connectivity index (χ3n) is 3.52. The van der Waals surface area contributed by atoms with Gasteiger partial charge in [-0.15, -0.1) is 0 Å². The lowest BCUT2D eigenvalue weighted by Crippen LogP contribution is -2.14. The standard InChI is InChI=1S/C17H19NO3/c1-11-14(7-4-8-16(11)21-2)12-5-3-6-13(9-12)15(18)10-17(19)20/h3-9,15H,10,18H2,1-2H3,(H,19,20). The second-order valence-electron chi connectivity index (χ2n) is 4.96. The summed E-state index contributed by atoms with van der Waals surface area (Å²) >= 11 is 0. The number of rotatable bonds is 5. The number of carbonyl (C=O) groups is 1. The number of carboxylic acid groups (broad SMARTS) is 1. The minimum absolute atomic E-state index is 0.0828. The molecule has 1 unspecified atom stereocenters. The molecular formula is C17H19NO3. The van der Waals surface area contributed by atoms with Crippen molar-refractivity contribution in [2.75, 3.05) is 7.11 Å². The van der Waals surface area contributed by atoms with Gasteiger partial charge in [-0.2, -0.15) is 0 Å². The Labute approximate surface area is 124 Å². The maximum atomic E-state index is 10.8. The van der Waals surface area contributed by atoms with Gasteiger partial charge in [0.15, 0.2) is 0 Å². The predicted molar refractivity (Wildman–Crippen MR) is 82.3 cm³/mol. The zero-order chi connectivity index (χ0) is 15.4. The summed E-state index contributed by atoms with van der Waals surface area (Å²) in [6.07, 6.45) is -0.0828. The van der Waals surface area contributed by atoms with Gasteiger partial charge in [0.25, 0.3) is 0 Å². The number of hydrogen-bond donors (Lipinski definition) is 2. The zero-order valence-electron chi connectivity index (χ0n) is 12.2. The van der Waals surface area contributed by atoms with Crippen LogP contribution >= 0.6 is 0 Å². The Morgan fingerprint density at radius 2 is 2.00 bits per heavy atom. The van der Waals surface area contributed by atoms with Crippen LogP contribution < -0.4 is 10.5 Å². The minimum atomic E-state index is -0.898. The average Bonchev–Trinajstić information content (AvgIpc) is 2.47. The molecule has 110 valence electrons. The lowest BCUT2D eigenvalue weighted by molar-refractivity contribution is -0.137. The molecule has 0 radical (unpaired) electrons. The number of nitrogens with two attached hydrogens (primary N) is 1. The molecule has 4 heteroatoms. The van der Waals surface area contributed by atoms with Gasteiger partial charge in [-0.1, -0.05) is 30.3 Å². The molecule has 0 fully saturated rings. The Morgan fingerprint density at radius 3 is 2.67 bits per heavy atom. The Kier molecular flexibility index (Phi) is 4.60. The number of aliphatic carboxylic acids is 1. The van der Waals surface area contributed by atoms with Crippen molar-refractivity contribution in [1.29, 1.82) is 0 Å². The van der Waals surface area contributed by atoms with E-state index in [4.69, 9.17) is 15.6 Å². The fourth-order valence-corrected chi connectivity index (χ4v) is 2.39. The van der Waals surface area contributed by atoms with Gasteiger partial charge in [0.2, 0.25) is 0 Å². The van der Waals surface area contributed by atoms with Crippen LogP contribution in [0.25, 0.3) is 11.1 Å². The summed E-state index contributed by atoms with van der Waals surface area (Å²) in [7, 11) is 1.64. The van der Waals surface area contributed by atoms with Crippen molar-refractivity contribution in [3.63, 3.8) is 0 Å². The molecule has 0 aromatic heterocycles. The van der Waals surface area contributed by atoms with Crippen LogP contribution in [-0.2, 0) is 4.79 Å². The van der Waals surface area contributed by atoms with Gasteiger partial charge in [0.05, 0.1) is 13.5 Å². The van der Waals surface area contributed by atoms with E-state index in [9.17, 15) is 4.79 Å². The normalized spacial score (nSPS) is 12.0. The van der Waals surface area contributed by atoms with Gasteiger partial charge < -0.3 is 15.6 Å². The van der Waals surface area contributed by atoms with Crippen LogP contribution in [0.15, 0.2) is 42.5 Å². The Hall–Kier alpha value is -2.33. The molecule has 2 rings (SSSR count). The summed E-state index contributed by atoms with van der Waals surface area (Å²) in [5.41, 5.74) is 9.85. The molecule has 0 aliphatic rings. The SMILES string of the molecule is COc1cccc(-c2cccc(C(N)CC(=O)O)c2)c1C. The molecule has 0 bridgehead atoms. The minimum Gasteiger partial charge on any atom is -0.496 e. The Balaban J connectivity index is 2.40. The first kappa shape index (κ1) is 15.1. The van der Waals surface area contributed by atoms with E-state index in [1.165, 1.54) is 0 Å². The van der Waals surface area contributed by atoms with Crippen LogP contribution in [0.1, 0.15) is 23.6 Å². The van der Waals surface area contributed by atoms with E-state index < -0.39 is 12.0 Å². The summed E-state index contributed by atoms with van der Waals surface area (Å²) in [5, 5.41) is 8.85. The van der Waals surface area contributed by atoms with E-state index >= 15 is 0 Å². The van der Waals surface area contributed by atoms with Crippen molar-refractivity contribution in [2.24, 2.45) is 5.73 Å². The van der Waals surface area contributed by atoms with Crippen molar-refractivity contribution in [3.05, 3.63) is 53.6 Å². The summed E-state index contributed by atoms with van der Waals surface area (Å²) < 4.78 is 5.34. The molecule has 0 saturated carbocycles. The third kappa shape index (κ3) is 3.41. The number of benzene rings is 2. The number of hydrogen-bond acceptors (Lipinski definition) is 3. The average molecular weight is 285 g/mol. The smallest absolute Gasteiger partial charge is 0.305 e. The summed E-state index contributed by atoms with van der Waals surface area (Å²) in [6, 6.07) is 13.0. The van der Waals surface area contributed by atoms with E-state index in [1.54, 1.807) is 7.11 Å². The quantitative estimate of drug-likeness (QED) is 0.885. The largest absolute Gasteiger partial charge is 0.496 e. The second-order valence-corrected chi connectivity index (χ2v) is 4.96. The zero-order valence-corrected chi connectivity index (χ0v) is 12.2. The fraction of sp³-hybridized carbons (Fsp3) is 0.235. The highest BCUT2D eigenvalue weighted by Crippen LogP contribution is 2.31. The lowest BCUT2D eigenvalue weighted by atomic mass is 9.95. The van der Waals surface area contributed by atoms with E-state index in [-0.39, 0.29) is 6.42 Å². The van der Waals surface area contributed by atoms with Gasteiger partial charge >= 0.3 is 5.97 Å². The maximum absolute atomic E-state index is 10.8. The first-order valence-corrected chi connectivity index (χ1v) is 6.74. The van der Waals surface area contributed by atoms with Crippen molar-refractivity contribution < 1.29 is 14.6 Å². The van der Waals surface area contributed by atoms with Gasteiger partial charge in [-0.3, -0.25) is 4.79 Å². The van der Waals surface area contributed by atoms with E-state index in [1.807, 2.05) is 49.4 Å². The second kappa shape index (κ2) is 6.41. The highest BCUT2D eigenvalue weighted by atomic mass is 16.5. The van der Waals surface area contributed by atoms with Crippen LogP contribution in [0.5, 0.6) is 5.75 Å². The molecule has 4 nitrogen and oxygen atoms in total. The van der Waals surface area contributed by atoms with E-state index in [0.717, 1.165) is 28.0 Å². The monoisotopic (exact) mass is 285 g/mol. The molecule has 0 amide bonds. The number of ether oxygens (including phenoxy) is 1. The molecule has 3 N–H and O–H groups in total. The predicted octanol–water partition coefficient (Wildman–Crippen LogP) is 3.15. The summed E-state index contributed by atoms with van der Waals surface area (Å²) in [6.45, 7) is 2.00. The van der Waals surface area contributed by atoms with E-state index in [2.05, 4.69) is 0 Å². The molecular weight excluding hydrogens is 266 g/mol. The number of carboxylic acids is 1. The van der Waals surface area contributed by atoms with E-state index in [0.29, 0.717) is 0 Å². The Bertz CT molecular complexity index is 652. The first-order chi connectivity index (χ1) is 10.0. The molecule has 0 spiro atoms. The van der Waals surface area contributed by atoms with Gasteiger partial charge in [-0.05, 0) is 41.3 Å². The van der Waals surface area contributed by atoms with Crippen LogP contribution in [0.4, 0.5) is 0 Å². The van der Waals surface area contributed by atoms with Gasteiger partial charge in [0.1, 0.15) is 5.75 Å². The third-order valence-corrected chi connectivity index (χ3v) is 3.52. The van der Waals surface area contributed by atoms with Crippen LogP contribution in [0.2, 0.25) is 0 Å². The van der Waals surface area contributed by atoms with Crippen molar-refractivity contribution in [1.82, 2.24) is 0 Å². The summed E-state index contributed by atoms with van der Waals surface area (Å²) in [5.74, 6) is -0.0711. The topological polar surface area (TPSA) is 72.5 Å². The highest BCUT2D eigenvalue weighted by Gasteiger charge is 2.12. The van der Waals surface area contributed by atoms with Crippen LogP contribution in [0.3, 0.4) is 0 Å². The Morgan fingerprint density at radius 1 is 1.29 bits per heavy atom. The highest BCUT2D eigenvalue weighted by molar-refractivity contribution is 5.71. The molecule has 21 heavy (non-hydrogen) atoms. The number of methoxy groups -OCH3 is 1. The molecule has 0 saturated heterocycles. The molecule has 0 aliphatic carbocycles. The van der Waals surface area contributed by atoms with Gasteiger partial charge in [0, 0.05) is 6.04 Å². The molecule has 2 aromatic rings. The molecule has 0 aliphatic heterocycles. The maximum Gasteiger partial charge on any atom is 0.305 e. The fourth-order valence-electron chi connectivity index (χ4n) is 2.39. The van der Waals surface area contributed by atoms with Crippen LogP contribution in [-0.4, -0.2) is 18.2 Å². The lowest BCUT2D eigenvalue weighted by Gasteiger charge is -2.14. The van der Waals surface area contributed by atoms with Crippen LogP contribution in [0, 0.1) is 6.92 Å². The molecule has 0 heterocycles. The first-order valence-electron chi connectivity index (χ1n) is 6.74. The molecule has 2 aromatic carbocycles. The molecule has 1 atom stereocenters. The van der Waals surface area contributed by atoms with Crippen molar-refractivity contribution >= 4 is 5.97 Å². The van der Waals surface area contributed by atoms with Gasteiger partial charge in [-0.25, -0.2) is 0 Å². The van der Waals surface area contributed by atoms with Crippen molar-refractivity contribution in [3.8, 4) is 16.9 Å². The summed E-state index contributed by atoms with van der Waals surface area (Å²) in [4.78, 5) is 10.8. The van der Waals surface area contributed by atoms with Crippen molar-refractivity contribution in [2.45, 2.75) is 19.4 Å².